The van der Waals surface area contributed by atoms with Crippen molar-refractivity contribution in [2.24, 2.45) is 5.92 Å². The second-order valence-corrected chi connectivity index (χ2v) is 8.06. The summed E-state index contributed by atoms with van der Waals surface area (Å²) >= 11 is 0. The Hall–Kier alpha value is -4.43. The van der Waals surface area contributed by atoms with Gasteiger partial charge in [0.2, 0.25) is 5.91 Å². The fourth-order valence-corrected chi connectivity index (χ4v) is 2.87. The van der Waals surface area contributed by atoms with Crippen molar-refractivity contribution in [3.8, 4) is 5.75 Å². The fraction of sp³-hybridized carbons (Fsp3) is 0.292. The zero-order valence-corrected chi connectivity index (χ0v) is 20.3. The van der Waals surface area contributed by atoms with Gasteiger partial charge in [-0.1, -0.05) is 32.0 Å². The number of rotatable bonds is 5. The molecule has 0 spiro atoms. The summed E-state index contributed by atoms with van der Waals surface area (Å²) in [5.74, 6) is -5.23. The highest BCUT2D eigenvalue weighted by atomic mass is 19.4. The molecular formula is C24H23F6N3O6. The largest absolute Gasteiger partial charge is 0.505 e. The summed E-state index contributed by atoms with van der Waals surface area (Å²) in [4.78, 5) is 38.5. The van der Waals surface area contributed by atoms with Gasteiger partial charge in [-0.05, 0) is 29.7 Å². The molecule has 0 saturated carbocycles. The quantitative estimate of drug-likeness (QED) is 0.322. The van der Waals surface area contributed by atoms with Gasteiger partial charge in [0.15, 0.2) is 0 Å². The Labute approximate surface area is 217 Å². The molecule has 3 rings (SSSR count). The van der Waals surface area contributed by atoms with E-state index in [-0.39, 0.29) is 17.6 Å². The van der Waals surface area contributed by atoms with Crippen molar-refractivity contribution in [2.75, 3.05) is 0 Å². The van der Waals surface area contributed by atoms with E-state index in [0.717, 1.165) is 10.9 Å². The minimum Gasteiger partial charge on any atom is -0.505 e. The van der Waals surface area contributed by atoms with Crippen LogP contribution in [0.15, 0.2) is 55.0 Å². The van der Waals surface area contributed by atoms with E-state index in [4.69, 9.17) is 19.8 Å². The lowest BCUT2D eigenvalue weighted by molar-refractivity contribution is -0.193. The van der Waals surface area contributed by atoms with Gasteiger partial charge in [-0.25, -0.2) is 9.59 Å². The Morgan fingerprint density at radius 3 is 1.85 bits per heavy atom. The molecule has 212 valence electrons. The van der Waals surface area contributed by atoms with E-state index in [1.54, 1.807) is 18.6 Å². The summed E-state index contributed by atoms with van der Waals surface area (Å²) in [6.45, 7) is 4.00. The standard InChI is InChI=1S/C20H21N3O2.2C2HF3O2/c1-13(2)12-17(24)23-18(15-7-10-21-11-8-15)16-6-5-14-4-3-9-22-19(14)20(16)25;2*3-2(4,5)1(6)7/h3-11,13,18,25H,12H2,1-2H3,(H,23,24);2*(H,6,7). The maximum absolute atomic E-state index is 12.4. The molecule has 0 aliphatic carbocycles. The van der Waals surface area contributed by atoms with Gasteiger partial charge in [-0.2, -0.15) is 26.3 Å². The number of phenols is 1. The Morgan fingerprint density at radius 2 is 1.38 bits per heavy atom. The number of halogens is 6. The van der Waals surface area contributed by atoms with Crippen LogP contribution in [0.2, 0.25) is 0 Å². The minimum atomic E-state index is -5.08. The molecule has 9 nitrogen and oxygen atoms in total. The van der Waals surface area contributed by atoms with Crippen LogP contribution >= 0.6 is 0 Å². The molecule has 0 radical (unpaired) electrons. The van der Waals surface area contributed by atoms with Crippen molar-refractivity contribution < 1.29 is 56.0 Å². The number of carboxylic acid groups (broad SMARTS) is 2. The lowest BCUT2D eigenvalue weighted by Crippen LogP contribution is -2.30. The lowest BCUT2D eigenvalue weighted by atomic mass is 9.96. The summed E-state index contributed by atoms with van der Waals surface area (Å²) in [7, 11) is 0. The first-order valence-corrected chi connectivity index (χ1v) is 10.8. The zero-order valence-electron chi connectivity index (χ0n) is 20.3. The Bertz CT molecular complexity index is 1240. The molecule has 15 heteroatoms. The number of aliphatic carboxylic acids is 2. The summed E-state index contributed by atoms with van der Waals surface area (Å²) in [6.07, 6.45) is -4.75. The molecular weight excluding hydrogens is 540 g/mol. The molecule has 2 aromatic heterocycles. The topological polar surface area (TPSA) is 150 Å². The van der Waals surface area contributed by atoms with E-state index in [2.05, 4.69) is 15.3 Å². The van der Waals surface area contributed by atoms with Crippen LogP contribution in [0, 0.1) is 5.92 Å². The number of aromatic hydroxyl groups is 1. The number of hydrogen-bond acceptors (Lipinski definition) is 6. The van der Waals surface area contributed by atoms with E-state index in [0.29, 0.717) is 17.5 Å². The Kier molecular flexibility index (Phi) is 11.6. The average Bonchev–Trinajstić information content (AvgIpc) is 2.83. The van der Waals surface area contributed by atoms with E-state index in [9.17, 15) is 36.2 Å². The number of fused-ring (bicyclic) bond motifs is 1. The molecule has 0 saturated heterocycles. The average molecular weight is 563 g/mol. The smallest absolute Gasteiger partial charge is 0.490 e. The molecule has 0 bridgehead atoms. The van der Waals surface area contributed by atoms with Crippen molar-refractivity contribution in [1.82, 2.24) is 15.3 Å². The first kappa shape index (κ1) is 32.6. The van der Waals surface area contributed by atoms with Crippen LogP contribution < -0.4 is 5.32 Å². The zero-order chi connectivity index (χ0) is 30.0. The predicted molar refractivity (Wildman–Crippen MR) is 124 cm³/mol. The number of hydrogen-bond donors (Lipinski definition) is 4. The van der Waals surface area contributed by atoms with Gasteiger partial charge < -0.3 is 20.6 Å². The third-order valence-electron chi connectivity index (χ3n) is 4.51. The highest BCUT2D eigenvalue weighted by Gasteiger charge is 2.38. The molecule has 1 amide bonds. The number of benzene rings is 1. The molecule has 1 atom stereocenters. The van der Waals surface area contributed by atoms with Crippen molar-refractivity contribution in [3.63, 3.8) is 0 Å². The molecule has 0 aliphatic heterocycles. The molecule has 1 aromatic carbocycles. The van der Waals surface area contributed by atoms with Crippen LogP contribution in [0.1, 0.15) is 37.4 Å². The minimum absolute atomic E-state index is 0.0580. The summed E-state index contributed by atoms with van der Waals surface area (Å²) in [6, 6.07) is 10.7. The van der Waals surface area contributed by atoms with Gasteiger partial charge in [0.25, 0.3) is 0 Å². The summed E-state index contributed by atoms with van der Waals surface area (Å²) in [5, 5.41) is 28.9. The van der Waals surface area contributed by atoms with Gasteiger partial charge in [0.1, 0.15) is 11.3 Å². The van der Waals surface area contributed by atoms with Gasteiger partial charge in [0, 0.05) is 36.0 Å². The number of carbonyl (C=O) groups is 3. The van der Waals surface area contributed by atoms with Crippen LogP contribution in [-0.4, -0.2) is 55.5 Å². The fourth-order valence-electron chi connectivity index (χ4n) is 2.87. The van der Waals surface area contributed by atoms with Crippen LogP contribution in [0.3, 0.4) is 0 Å². The summed E-state index contributed by atoms with van der Waals surface area (Å²) < 4.78 is 63.5. The first-order valence-electron chi connectivity index (χ1n) is 10.8. The number of nitrogens with zero attached hydrogens (tertiary/aromatic N) is 2. The normalized spacial score (nSPS) is 11.9. The third-order valence-corrected chi connectivity index (χ3v) is 4.51. The van der Waals surface area contributed by atoms with E-state index in [1.807, 2.05) is 50.2 Å². The number of nitrogens with one attached hydrogen (secondary N) is 1. The number of carboxylic acids is 2. The molecule has 0 aliphatic rings. The van der Waals surface area contributed by atoms with Gasteiger partial charge in [-0.3, -0.25) is 14.8 Å². The highest BCUT2D eigenvalue weighted by Crippen LogP contribution is 2.34. The molecule has 39 heavy (non-hydrogen) atoms. The molecule has 2 heterocycles. The predicted octanol–water partition coefficient (Wildman–Crippen LogP) is 4.85. The number of phenolic OH excluding ortho intramolecular Hbond substituents is 1. The molecule has 4 N–H and O–H groups in total. The Balaban J connectivity index is 0.000000449. The molecule has 1 unspecified atom stereocenters. The van der Waals surface area contributed by atoms with Crippen molar-refractivity contribution in [2.45, 2.75) is 38.7 Å². The lowest BCUT2D eigenvalue weighted by Gasteiger charge is -2.21. The monoisotopic (exact) mass is 563 g/mol. The second-order valence-electron chi connectivity index (χ2n) is 8.06. The van der Waals surface area contributed by atoms with Crippen LogP contribution in [0.4, 0.5) is 26.3 Å². The summed E-state index contributed by atoms with van der Waals surface area (Å²) in [5.41, 5.74) is 2.00. The highest BCUT2D eigenvalue weighted by molar-refractivity contribution is 5.86. The van der Waals surface area contributed by atoms with E-state index in [1.165, 1.54) is 0 Å². The number of pyridine rings is 2. The SMILES string of the molecule is CC(C)CC(=O)NC(c1ccncc1)c1ccc2cccnc2c1O.O=C(O)C(F)(F)F.O=C(O)C(F)(F)F. The molecule has 3 aromatic rings. The van der Waals surface area contributed by atoms with E-state index < -0.39 is 30.3 Å². The van der Waals surface area contributed by atoms with Gasteiger partial charge in [0.05, 0.1) is 6.04 Å². The van der Waals surface area contributed by atoms with Gasteiger partial charge in [-0.15, -0.1) is 0 Å². The van der Waals surface area contributed by atoms with Crippen LogP contribution in [0.5, 0.6) is 5.75 Å². The first-order chi connectivity index (χ1) is 17.9. The number of aromatic nitrogens is 2. The number of alkyl halides is 6. The third kappa shape index (κ3) is 10.8. The van der Waals surface area contributed by atoms with Crippen molar-refractivity contribution in [1.29, 1.82) is 0 Å². The van der Waals surface area contributed by atoms with Crippen molar-refractivity contribution >= 4 is 28.7 Å². The van der Waals surface area contributed by atoms with Crippen LogP contribution in [0.25, 0.3) is 10.9 Å². The van der Waals surface area contributed by atoms with Crippen molar-refractivity contribution in [3.05, 3.63) is 66.1 Å². The maximum Gasteiger partial charge on any atom is 0.490 e. The van der Waals surface area contributed by atoms with Crippen LogP contribution in [-0.2, 0) is 14.4 Å². The second kappa shape index (κ2) is 13.9. The van der Waals surface area contributed by atoms with Gasteiger partial charge >= 0.3 is 24.3 Å². The molecule has 0 fully saturated rings. The number of amides is 1. The Morgan fingerprint density at radius 1 is 0.872 bits per heavy atom. The van der Waals surface area contributed by atoms with E-state index >= 15 is 0 Å². The number of carbonyl (C=O) groups excluding carboxylic acids is 1. The maximum atomic E-state index is 12.4.